The summed E-state index contributed by atoms with van der Waals surface area (Å²) in [5, 5.41) is 16.2. The largest absolute Gasteiger partial charge is 0.417 e. The number of allylic oxidation sites excluding steroid dienone is 2. The molecule has 1 aliphatic carbocycles. The van der Waals surface area contributed by atoms with E-state index in [2.05, 4.69) is 15.4 Å². The van der Waals surface area contributed by atoms with Gasteiger partial charge >= 0.3 is 18.7 Å². The summed E-state index contributed by atoms with van der Waals surface area (Å²) in [4.78, 5) is 0. The highest BCUT2D eigenvalue weighted by molar-refractivity contribution is 5.45. The predicted molar refractivity (Wildman–Crippen MR) is 143 cm³/mol. The average Bonchev–Trinajstić information content (AvgIpc) is 2.89. The molecule has 2 aromatic carbocycles. The Morgan fingerprint density at radius 3 is 2.28 bits per heavy atom. The van der Waals surface area contributed by atoms with Crippen LogP contribution in [-0.4, -0.2) is 48.6 Å². The smallest absolute Gasteiger partial charge is 0.391 e. The van der Waals surface area contributed by atoms with E-state index in [1.165, 1.54) is 12.1 Å². The Morgan fingerprint density at radius 1 is 1.00 bits per heavy atom. The molecule has 13 heteroatoms. The molecule has 43 heavy (non-hydrogen) atoms. The number of aliphatic hydroxyl groups is 1. The first-order valence-corrected chi connectivity index (χ1v) is 13.5. The molecule has 4 nitrogen and oxygen atoms in total. The van der Waals surface area contributed by atoms with Crippen LogP contribution < -0.4 is 10.6 Å². The van der Waals surface area contributed by atoms with Crippen LogP contribution in [0.15, 0.2) is 72.1 Å². The van der Waals surface area contributed by atoms with E-state index in [-0.39, 0.29) is 35.7 Å². The van der Waals surface area contributed by atoms with Crippen molar-refractivity contribution in [3.05, 3.63) is 94.6 Å². The van der Waals surface area contributed by atoms with Crippen molar-refractivity contribution >= 4 is 0 Å². The van der Waals surface area contributed by atoms with Crippen molar-refractivity contribution in [1.29, 1.82) is 0 Å². The van der Waals surface area contributed by atoms with E-state index in [0.717, 1.165) is 12.1 Å². The summed E-state index contributed by atoms with van der Waals surface area (Å²) in [6, 6.07) is 12.1. The highest BCUT2D eigenvalue weighted by atomic mass is 19.4. The molecule has 1 unspecified atom stereocenters. The molecule has 238 valence electrons. The first-order valence-electron chi connectivity index (χ1n) is 13.5. The zero-order valence-electron chi connectivity index (χ0n) is 23.4. The minimum absolute atomic E-state index is 0.0368. The van der Waals surface area contributed by atoms with Crippen molar-refractivity contribution in [2.45, 2.75) is 82.2 Å². The second kappa shape index (κ2) is 14.3. The van der Waals surface area contributed by atoms with Crippen LogP contribution in [0.5, 0.6) is 0 Å². The van der Waals surface area contributed by atoms with Crippen molar-refractivity contribution in [2.24, 2.45) is 0 Å². The van der Waals surface area contributed by atoms with Crippen LogP contribution in [0, 0.1) is 5.82 Å². The van der Waals surface area contributed by atoms with Gasteiger partial charge in [-0.05, 0) is 47.4 Å². The Labute approximate surface area is 243 Å². The van der Waals surface area contributed by atoms with Crippen molar-refractivity contribution in [3.8, 4) is 0 Å². The molecule has 0 amide bonds. The maximum Gasteiger partial charge on any atom is 0.417 e. The third kappa shape index (κ3) is 9.82. The van der Waals surface area contributed by atoms with Gasteiger partial charge in [0.2, 0.25) is 0 Å². The van der Waals surface area contributed by atoms with Crippen LogP contribution in [0.1, 0.15) is 43.4 Å². The van der Waals surface area contributed by atoms with Gasteiger partial charge in [-0.2, -0.15) is 22.0 Å². The van der Waals surface area contributed by atoms with Gasteiger partial charge in [-0.1, -0.05) is 50.2 Å². The maximum atomic E-state index is 15.0. The van der Waals surface area contributed by atoms with Gasteiger partial charge in [-0.3, -0.25) is 0 Å². The lowest BCUT2D eigenvalue weighted by atomic mass is 9.73. The number of alkyl halides is 7. The zero-order chi connectivity index (χ0) is 32.0. The van der Waals surface area contributed by atoms with Crippen molar-refractivity contribution < 1.29 is 49.4 Å². The van der Waals surface area contributed by atoms with E-state index in [1.54, 1.807) is 30.3 Å². The molecular weight excluding hydrogens is 591 g/mol. The number of ether oxygens (including phenoxy) is 1. The van der Waals surface area contributed by atoms with E-state index in [4.69, 9.17) is 0 Å². The Morgan fingerprint density at radius 2 is 1.67 bits per heavy atom. The van der Waals surface area contributed by atoms with Crippen LogP contribution in [0.3, 0.4) is 0 Å². The first kappa shape index (κ1) is 34.6. The molecule has 3 rings (SSSR count). The van der Waals surface area contributed by atoms with Crippen LogP contribution in [0.2, 0.25) is 0 Å². The second-order valence-corrected chi connectivity index (χ2v) is 10.7. The molecule has 3 N–H and O–H groups in total. The highest BCUT2D eigenvalue weighted by Crippen LogP contribution is 2.41. The summed E-state index contributed by atoms with van der Waals surface area (Å²) >= 11 is 0. The summed E-state index contributed by atoms with van der Waals surface area (Å²) in [7, 11) is 0. The fraction of sp³-hybridized carbons (Fsp3) is 0.467. The fourth-order valence-corrected chi connectivity index (χ4v) is 4.86. The maximum absolute atomic E-state index is 15.0. The quantitative estimate of drug-likeness (QED) is 0.197. The van der Waals surface area contributed by atoms with Gasteiger partial charge in [0.25, 0.3) is 0 Å². The zero-order valence-corrected chi connectivity index (χ0v) is 23.4. The Bertz CT molecular complexity index is 1270. The molecule has 2 aromatic rings. The molecule has 0 aromatic heterocycles. The number of hydrogen-bond acceptors (Lipinski definition) is 4. The molecule has 0 aliphatic heterocycles. The number of halogens is 9. The summed E-state index contributed by atoms with van der Waals surface area (Å²) in [6.07, 6.45) is -18.5. The Kier molecular flexibility index (Phi) is 11.5. The lowest BCUT2D eigenvalue weighted by Crippen LogP contribution is -2.50. The van der Waals surface area contributed by atoms with Gasteiger partial charge in [0.05, 0.1) is 24.2 Å². The molecule has 1 aliphatic rings. The van der Waals surface area contributed by atoms with E-state index >= 15 is 0 Å². The van der Waals surface area contributed by atoms with Gasteiger partial charge in [0.15, 0.2) is 0 Å². The molecule has 0 fully saturated rings. The molecule has 0 spiro atoms. The Hall–Kier alpha value is -2.87. The van der Waals surface area contributed by atoms with Crippen molar-refractivity contribution in [3.63, 3.8) is 0 Å². The summed E-state index contributed by atoms with van der Waals surface area (Å²) in [5.41, 5.74) is -0.886. The molecule has 0 saturated heterocycles. The minimum Gasteiger partial charge on any atom is -0.391 e. The van der Waals surface area contributed by atoms with E-state index in [1.807, 2.05) is 13.8 Å². The van der Waals surface area contributed by atoms with E-state index < -0.39 is 67.5 Å². The highest BCUT2D eigenvalue weighted by Gasteiger charge is 2.46. The van der Waals surface area contributed by atoms with Crippen molar-refractivity contribution in [1.82, 2.24) is 10.6 Å². The molecule has 0 radical (unpaired) electrons. The SMILES string of the molecule is CC(C)NCc1cc([C@@](Cc2ccccc2)(NC[C@H](O)CC(F)(F)F)C2=CC(F)=CC(OC(F)(F)C(F)F)C2)ccc1F. The number of benzene rings is 2. The van der Waals surface area contributed by atoms with Gasteiger partial charge in [-0.15, -0.1) is 0 Å². The molecule has 0 heterocycles. The first-order chi connectivity index (χ1) is 20.0. The third-order valence-corrected chi connectivity index (χ3v) is 6.85. The van der Waals surface area contributed by atoms with Crippen LogP contribution in [0.4, 0.5) is 39.5 Å². The lowest BCUT2D eigenvalue weighted by Gasteiger charge is -2.41. The standard InChI is InChI=1S/C30H33F9N2O2/c1-18(2)40-16-20-10-21(8-9-26(20)32)28(14-19-6-4-3-5-7-19,41-17-24(42)15-29(35,36)37)22-11-23(31)13-25(12-22)43-30(38,39)27(33)34/h3-11,13,18,24-25,27,40-42H,12,14-17H2,1-2H3/t24-,25?,28-/m1/s1. The summed E-state index contributed by atoms with van der Waals surface area (Å²) < 4.78 is 127. The topological polar surface area (TPSA) is 53.5 Å². The van der Waals surface area contributed by atoms with Gasteiger partial charge in [-0.25, -0.2) is 17.6 Å². The van der Waals surface area contributed by atoms with E-state index in [9.17, 15) is 44.6 Å². The Balaban J connectivity index is 2.18. The lowest BCUT2D eigenvalue weighted by molar-refractivity contribution is -0.312. The van der Waals surface area contributed by atoms with Crippen LogP contribution in [-0.2, 0) is 23.2 Å². The summed E-state index contributed by atoms with van der Waals surface area (Å²) in [5.74, 6) is -1.74. The number of hydrogen-bond donors (Lipinski definition) is 3. The minimum atomic E-state index is -4.92. The van der Waals surface area contributed by atoms with Gasteiger partial charge < -0.3 is 20.5 Å². The van der Waals surface area contributed by atoms with Crippen LogP contribution in [0.25, 0.3) is 0 Å². The van der Waals surface area contributed by atoms with Crippen molar-refractivity contribution in [2.75, 3.05) is 6.54 Å². The normalized spacial score (nSPS) is 18.4. The fourth-order valence-electron chi connectivity index (χ4n) is 4.86. The number of aliphatic hydroxyl groups excluding tert-OH is 1. The molecule has 0 bridgehead atoms. The van der Waals surface area contributed by atoms with Crippen LogP contribution >= 0.6 is 0 Å². The second-order valence-electron chi connectivity index (χ2n) is 10.7. The van der Waals surface area contributed by atoms with E-state index in [0.29, 0.717) is 11.6 Å². The predicted octanol–water partition coefficient (Wildman–Crippen LogP) is 7.09. The average molecular weight is 625 g/mol. The number of nitrogens with one attached hydrogen (secondary N) is 2. The molecule has 0 saturated carbocycles. The summed E-state index contributed by atoms with van der Waals surface area (Å²) in [6.45, 7) is 2.98. The van der Waals surface area contributed by atoms with Gasteiger partial charge in [0, 0.05) is 31.1 Å². The number of rotatable bonds is 14. The monoisotopic (exact) mass is 624 g/mol. The molecule has 3 atom stereocenters. The van der Waals surface area contributed by atoms with Gasteiger partial charge in [0.1, 0.15) is 11.6 Å². The third-order valence-electron chi connectivity index (χ3n) is 6.85. The molecular formula is C30H33F9N2O2.